The topological polar surface area (TPSA) is 101 Å². The summed E-state index contributed by atoms with van der Waals surface area (Å²) in [6.07, 6.45) is 7.43. The maximum absolute atomic E-state index is 17.3. The lowest BCUT2D eigenvalue weighted by Crippen LogP contribution is -2.48. The van der Waals surface area contributed by atoms with Crippen LogP contribution in [-0.4, -0.2) is 66.4 Å². The van der Waals surface area contributed by atoms with Gasteiger partial charge in [-0.05, 0) is 69.7 Å². The van der Waals surface area contributed by atoms with Crippen LogP contribution in [0.25, 0.3) is 32.1 Å². The Bertz CT molecular complexity index is 1910. The molecule has 0 spiro atoms. The molecule has 4 bridgehead atoms. The first-order valence-electron chi connectivity index (χ1n) is 16.2. The van der Waals surface area contributed by atoms with Gasteiger partial charge in [-0.2, -0.15) is 5.26 Å². The molecule has 0 radical (unpaired) electrons. The number of halogens is 3. The molecule has 240 valence electrons. The molecule has 4 aromatic rings. The van der Waals surface area contributed by atoms with E-state index in [0.29, 0.717) is 55.0 Å². The fraction of sp³-hybridized carbons (Fsp3) is 0.500. The van der Waals surface area contributed by atoms with Crippen LogP contribution in [0.1, 0.15) is 56.3 Å². The molecule has 4 aliphatic heterocycles. The van der Waals surface area contributed by atoms with Crippen molar-refractivity contribution in [1.82, 2.24) is 14.9 Å². The number of benzene rings is 2. The van der Waals surface area contributed by atoms with Crippen LogP contribution in [-0.2, 0) is 11.2 Å². The summed E-state index contributed by atoms with van der Waals surface area (Å²) in [6.45, 7) is 2.79. The Morgan fingerprint density at radius 3 is 2.76 bits per heavy atom. The van der Waals surface area contributed by atoms with Crippen molar-refractivity contribution in [3.8, 4) is 22.9 Å². The van der Waals surface area contributed by atoms with Crippen molar-refractivity contribution in [2.24, 2.45) is 5.92 Å². The third kappa shape index (κ3) is 4.79. The molecular formula is C34H35ClF2N6O2S. The molecule has 0 saturated carbocycles. The summed E-state index contributed by atoms with van der Waals surface area (Å²) in [7, 11) is 2.18. The Balaban J connectivity index is 1.40. The Morgan fingerprint density at radius 2 is 1.96 bits per heavy atom. The van der Waals surface area contributed by atoms with Gasteiger partial charge in [0.2, 0.25) is 0 Å². The summed E-state index contributed by atoms with van der Waals surface area (Å²) in [4.78, 5) is 14.8. The van der Waals surface area contributed by atoms with Crippen LogP contribution in [0.5, 0.6) is 5.75 Å². The summed E-state index contributed by atoms with van der Waals surface area (Å²) in [5.74, 6) is 0.617. The van der Waals surface area contributed by atoms with E-state index in [0.717, 1.165) is 62.8 Å². The maximum atomic E-state index is 17.3. The lowest BCUT2D eigenvalue weighted by molar-refractivity contribution is 0.0306. The van der Waals surface area contributed by atoms with Crippen molar-refractivity contribution < 1.29 is 18.3 Å². The molecule has 2 unspecified atom stereocenters. The highest BCUT2D eigenvalue weighted by atomic mass is 35.5. The molecule has 2 aromatic carbocycles. The van der Waals surface area contributed by atoms with Crippen molar-refractivity contribution >= 4 is 54.7 Å². The van der Waals surface area contributed by atoms with Gasteiger partial charge in [0.25, 0.3) is 0 Å². The average Bonchev–Trinajstić information content (AvgIpc) is 3.62. The zero-order valence-electron chi connectivity index (χ0n) is 25.6. The molecule has 2 saturated heterocycles. The van der Waals surface area contributed by atoms with Gasteiger partial charge in [0.1, 0.15) is 34.0 Å². The molecular weight excluding hydrogens is 630 g/mol. The van der Waals surface area contributed by atoms with E-state index < -0.39 is 11.6 Å². The SMILES string of the molecule is CN1CCCC1C1CCCO[C@H]2CC[C@H]3CCOc4c(Cl)c(-c5ccc(F)c6sc(N)c(C#N)c56)c(F)c5nc(nc(c45)N3C2)C1. The summed E-state index contributed by atoms with van der Waals surface area (Å²) >= 11 is 8.08. The number of ether oxygens (including phenoxy) is 2. The molecule has 46 heavy (non-hydrogen) atoms. The van der Waals surface area contributed by atoms with Gasteiger partial charge >= 0.3 is 0 Å². The Morgan fingerprint density at radius 1 is 1.09 bits per heavy atom. The minimum absolute atomic E-state index is 0.0178. The number of hydrogen-bond donors (Lipinski definition) is 1. The second kappa shape index (κ2) is 11.7. The summed E-state index contributed by atoms with van der Waals surface area (Å²) in [6, 6.07) is 5.35. The summed E-state index contributed by atoms with van der Waals surface area (Å²) in [5.41, 5.74) is 6.65. The first-order valence-corrected chi connectivity index (χ1v) is 17.4. The first kappa shape index (κ1) is 30.1. The van der Waals surface area contributed by atoms with Crippen molar-refractivity contribution in [3.63, 3.8) is 0 Å². The highest BCUT2D eigenvalue weighted by Gasteiger charge is 2.38. The molecule has 0 amide bonds. The number of hydrogen-bond acceptors (Lipinski definition) is 9. The fourth-order valence-electron chi connectivity index (χ4n) is 8.26. The van der Waals surface area contributed by atoms with Gasteiger partial charge in [-0.25, -0.2) is 18.7 Å². The molecule has 2 fully saturated rings. The number of nitrogens with two attached hydrogens (primary N) is 1. The standard InChI is InChI=1S/C34H35ClF2N6O2S/c1-42-11-2-5-23(42)17-4-3-12-44-19-7-6-18-10-13-45-31-27-30(40-24(14-17)41-34(27)43(18)16-19)29(37)26(28(31)35)20-8-9-22(36)32-25(20)21(15-38)33(39)46-32/h8-9,17-19,23H,2-7,10-14,16,39H2,1H3/t17?,18-,19-,23?/m0/s1. The molecule has 2 N–H and O–H groups in total. The van der Waals surface area contributed by atoms with E-state index >= 15 is 8.78 Å². The van der Waals surface area contributed by atoms with Gasteiger partial charge in [0.15, 0.2) is 11.6 Å². The van der Waals surface area contributed by atoms with E-state index in [9.17, 15) is 5.26 Å². The van der Waals surface area contributed by atoms with Gasteiger partial charge in [-0.3, -0.25) is 0 Å². The smallest absolute Gasteiger partial charge is 0.159 e. The molecule has 6 heterocycles. The number of aromatic nitrogens is 2. The summed E-state index contributed by atoms with van der Waals surface area (Å²) < 4.78 is 45.3. The highest BCUT2D eigenvalue weighted by Crippen LogP contribution is 2.51. The quantitative estimate of drug-likeness (QED) is 0.243. The lowest BCUT2D eigenvalue weighted by atomic mass is 9.89. The summed E-state index contributed by atoms with van der Waals surface area (Å²) in [5, 5.41) is 10.8. The van der Waals surface area contributed by atoms with E-state index in [1.165, 1.54) is 12.1 Å². The second-order valence-corrected chi connectivity index (χ2v) is 14.5. The molecule has 0 aliphatic carbocycles. The van der Waals surface area contributed by atoms with Crippen LogP contribution >= 0.6 is 22.9 Å². The maximum Gasteiger partial charge on any atom is 0.159 e. The predicted octanol–water partition coefficient (Wildman–Crippen LogP) is 7.08. The van der Waals surface area contributed by atoms with Gasteiger partial charge in [-0.1, -0.05) is 17.7 Å². The van der Waals surface area contributed by atoms with Crippen molar-refractivity contribution in [1.29, 1.82) is 5.26 Å². The number of thiophene rings is 1. The van der Waals surface area contributed by atoms with Crippen LogP contribution in [0, 0.1) is 28.9 Å². The van der Waals surface area contributed by atoms with E-state index in [2.05, 4.69) is 22.9 Å². The Labute approximate surface area is 275 Å². The largest absolute Gasteiger partial charge is 0.491 e. The lowest BCUT2D eigenvalue weighted by Gasteiger charge is -2.42. The third-order valence-electron chi connectivity index (χ3n) is 10.5. The van der Waals surface area contributed by atoms with Crippen LogP contribution in [0.4, 0.5) is 19.6 Å². The second-order valence-electron chi connectivity index (χ2n) is 13.1. The van der Waals surface area contributed by atoms with Gasteiger partial charge in [0.05, 0.1) is 33.4 Å². The normalized spacial score (nSPS) is 25.2. The van der Waals surface area contributed by atoms with Crippen molar-refractivity contribution in [2.75, 3.05) is 44.0 Å². The van der Waals surface area contributed by atoms with E-state index in [-0.39, 0.29) is 60.4 Å². The zero-order chi connectivity index (χ0) is 31.7. The number of likely N-dealkylation sites (tertiary alicyclic amines) is 1. The molecule has 2 aromatic heterocycles. The minimum atomic E-state index is -0.651. The van der Waals surface area contributed by atoms with Crippen molar-refractivity contribution in [2.45, 2.75) is 69.6 Å². The highest BCUT2D eigenvalue weighted by molar-refractivity contribution is 7.23. The third-order valence-corrected chi connectivity index (χ3v) is 11.9. The molecule has 12 heteroatoms. The Hall–Kier alpha value is -3.30. The molecule has 8 nitrogen and oxygen atoms in total. The number of piperidine rings is 1. The zero-order valence-corrected chi connectivity index (χ0v) is 27.2. The van der Waals surface area contributed by atoms with E-state index in [1.54, 1.807) is 0 Å². The minimum Gasteiger partial charge on any atom is -0.491 e. The van der Waals surface area contributed by atoms with Gasteiger partial charge in [-0.15, -0.1) is 11.3 Å². The van der Waals surface area contributed by atoms with Gasteiger partial charge < -0.3 is 25.0 Å². The fourth-order valence-corrected chi connectivity index (χ4v) is 9.54. The van der Waals surface area contributed by atoms with Crippen LogP contribution < -0.4 is 15.4 Å². The number of anilines is 2. The average molecular weight is 665 g/mol. The van der Waals surface area contributed by atoms with Crippen LogP contribution in [0.2, 0.25) is 5.02 Å². The number of rotatable bonds is 2. The van der Waals surface area contributed by atoms with Crippen LogP contribution in [0.15, 0.2) is 12.1 Å². The first-order chi connectivity index (χ1) is 22.3. The predicted molar refractivity (Wildman–Crippen MR) is 177 cm³/mol. The number of fused-ring (bicyclic) bond motifs is 3. The molecule has 8 rings (SSSR count). The van der Waals surface area contributed by atoms with Crippen LogP contribution in [0.3, 0.4) is 0 Å². The number of nitrogens with zero attached hydrogens (tertiary/aromatic N) is 5. The van der Waals surface area contributed by atoms with E-state index in [4.69, 9.17) is 36.8 Å². The molecule has 4 atom stereocenters. The Kier molecular flexibility index (Phi) is 7.67. The molecule has 4 aliphatic rings. The monoisotopic (exact) mass is 664 g/mol. The number of nitrogen functional groups attached to an aromatic ring is 1. The van der Waals surface area contributed by atoms with Gasteiger partial charge in [0, 0.05) is 49.0 Å². The van der Waals surface area contributed by atoms with Crippen molar-refractivity contribution in [3.05, 3.63) is 40.2 Å². The van der Waals surface area contributed by atoms with E-state index in [1.807, 2.05) is 0 Å². The number of nitriles is 1.